The van der Waals surface area contributed by atoms with Crippen LogP contribution in [0, 0.1) is 0 Å². The summed E-state index contributed by atoms with van der Waals surface area (Å²) in [6.07, 6.45) is 9.66. The number of aryl methyl sites for hydroxylation is 1. The summed E-state index contributed by atoms with van der Waals surface area (Å²) in [6.45, 7) is 3.03. The van der Waals surface area contributed by atoms with Gasteiger partial charge in [-0.3, -0.25) is 4.79 Å². The van der Waals surface area contributed by atoms with Crippen LogP contribution in [-0.2, 0) is 11.2 Å². The van der Waals surface area contributed by atoms with E-state index in [-0.39, 0.29) is 5.91 Å². The van der Waals surface area contributed by atoms with E-state index in [1.165, 1.54) is 41.2 Å². The minimum absolute atomic E-state index is 0.207. The third-order valence-electron chi connectivity index (χ3n) is 5.62. The Kier molecular flexibility index (Phi) is 6.96. The van der Waals surface area contributed by atoms with Gasteiger partial charge in [0.1, 0.15) is 0 Å². The topological polar surface area (TPSA) is 29.1 Å². The zero-order valence-corrected chi connectivity index (χ0v) is 16.6. The monoisotopic (exact) mass is 371 g/mol. The van der Waals surface area contributed by atoms with Crippen molar-refractivity contribution >= 4 is 28.3 Å². The van der Waals surface area contributed by atoms with Crippen LogP contribution >= 0.6 is 11.6 Å². The normalized spacial score (nSPS) is 16.0. The van der Waals surface area contributed by atoms with Crippen LogP contribution in [0.2, 0.25) is 5.02 Å². The number of halogens is 1. The summed E-state index contributed by atoms with van der Waals surface area (Å²) in [7, 11) is 0. The first kappa shape index (κ1) is 19.2. The highest BCUT2D eigenvalue weighted by atomic mass is 35.5. The second kappa shape index (κ2) is 9.41. The van der Waals surface area contributed by atoms with Crippen LogP contribution < -0.4 is 5.32 Å². The molecule has 1 amide bonds. The molecule has 2 aromatic rings. The molecular weight excluding hydrogens is 342 g/mol. The first-order valence-electron chi connectivity index (χ1n) is 10.2. The highest BCUT2D eigenvalue weighted by molar-refractivity contribution is 6.32. The number of amides is 1. The average molecular weight is 372 g/mol. The molecule has 1 aliphatic carbocycles. The molecule has 0 heterocycles. The van der Waals surface area contributed by atoms with E-state index in [9.17, 15) is 4.79 Å². The Hall–Kier alpha value is -1.54. The molecule has 0 saturated carbocycles. The maximum Gasteiger partial charge on any atom is 0.219 e. The summed E-state index contributed by atoms with van der Waals surface area (Å²) in [4.78, 5) is 12.0. The summed E-state index contributed by atoms with van der Waals surface area (Å²) < 4.78 is 0. The van der Waals surface area contributed by atoms with Gasteiger partial charge in [0, 0.05) is 18.0 Å². The van der Waals surface area contributed by atoms with Crippen molar-refractivity contribution in [3.8, 4) is 0 Å². The zero-order valence-electron chi connectivity index (χ0n) is 15.8. The average Bonchev–Trinajstić information content (AvgIpc) is 2.65. The van der Waals surface area contributed by atoms with Gasteiger partial charge in [0.25, 0.3) is 0 Å². The lowest BCUT2D eigenvalue weighted by molar-refractivity contribution is -0.121. The fraction of sp³-hybridized carbons (Fsp3) is 0.522. The Labute approximate surface area is 162 Å². The molecule has 2 nitrogen and oxygen atoms in total. The molecular formula is C23H30ClNO. The highest BCUT2D eigenvalue weighted by Gasteiger charge is 2.23. The lowest BCUT2D eigenvalue weighted by Gasteiger charge is -2.26. The Bertz CT molecular complexity index is 755. The minimum Gasteiger partial charge on any atom is -0.356 e. The van der Waals surface area contributed by atoms with E-state index in [2.05, 4.69) is 36.5 Å². The smallest absolute Gasteiger partial charge is 0.219 e. The lowest BCUT2D eigenvalue weighted by Crippen LogP contribution is -2.24. The third-order valence-corrected chi connectivity index (χ3v) is 5.97. The Morgan fingerprint density at radius 1 is 1.15 bits per heavy atom. The fourth-order valence-electron chi connectivity index (χ4n) is 4.19. The molecule has 1 N–H and O–H groups in total. The van der Waals surface area contributed by atoms with Crippen molar-refractivity contribution in [1.29, 1.82) is 0 Å². The summed E-state index contributed by atoms with van der Waals surface area (Å²) >= 11 is 6.43. The Morgan fingerprint density at radius 2 is 2.04 bits per heavy atom. The molecule has 1 atom stereocenters. The molecule has 0 aliphatic heterocycles. The van der Waals surface area contributed by atoms with Crippen LogP contribution in [0.5, 0.6) is 0 Å². The first-order valence-corrected chi connectivity index (χ1v) is 10.5. The van der Waals surface area contributed by atoms with Crippen LogP contribution in [0.3, 0.4) is 0 Å². The van der Waals surface area contributed by atoms with Gasteiger partial charge < -0.3 is 5.32 Å². The van der Waals surface area contributed by atoms with Gasteiger partial charge in [-0.1, -0.05) is 62.1 Å². The predicted octanol–water partition coefficient (Wildman–Crippen LogP) is 6.39. The van der Waals surface area contributed by atoms with Gasteiger partial charge in [0.2, 0.25) is 5.91 Å². The summed E-state index contributed by atoms with van der Waals surface area (Å²) in [5.41, 5.74) is 2.73. The number of unbranched alkanes of at least 4 members (excludes halogenated alkanes) is 3. The number of hydrogen-bond donors (Lipinski definition) is 1. The molecule has 140 valence electrons. The third kappa shape index (κ3) is 4.59. The van der Waals surface area contributed by atoms with Gasteiger partial charge in [-0.2, -0.15) is 0 Å². The molecule has 0 radical (unpaired) electrons. The molecule has 26 heavy (non-hydrogen) atoms. The molecule has 0 spiro atoms. The quantitative estimate of drug-likeness (QED) is 0.508. The zero-order chi connectivity index (χ0) is 18.4. The number of nitrogens with one attached hydrogen (secondary N) is 1. The predicted molar refractivity (Wildman–Crippen MR) is 111 cm³/mol. The van der Waals surface area contributed by atoms with E-state index in [0.717, 1.165) is 43.7 Å². The van der Waals surface area contributed by atoms with E-state index in [4.69, 9.17) is 11.6 Å². The molecule has 0 aromatic heterocycles. The lowest BCUT2D eigenvalue weighted by atomic mass is 9.79. The van der Waals surface area contributed by atoms with Gasteiger partial charge >= 0.3 is 0 Å². The largest absolute Gasteiger partial charge is 0.356 e. The van der Waals surface area contributed by atoms with Gasteiger partial charge in [0.15, 0.2) is 0 Å². The van der Waals surface area contributed by atoms with Crippen molar-refractivity contribution in [2.75, 3.05) is 6.54 Å². The van der Waals surface area contributed by atoms with Gasteiger partial charge in [-0.15, -0.1) is 0 Å². The summed E-state index contributed by atoms with van der Waals surface area (Å²) in [6, 6.07) is 10.7. The number of hydrogen-bond acceptors (Lipinski definition) is 1. The molecule has 0 bridgehead atoms. The van der Waals surface area contributed by atoms with Gasteiger partial charge in [0.05, 0.1) is 0 Å². The minimum atomic E-state index is 0.207. The van der Waals surface area contributed by atoms with Crippen molar-refractivity contribution in [1.82, 2.24) is 5.32 Å². The van der Waals surface area contributed by atoms with Crippen molar-refractivity contribution in [2.24, 2.45) is 0 Å². The first-order chi connectivity index (χ1) is 12.7. The van der Waals surface area contributed by atoms with E-state index in [0.29, 0.717) is 12.3 Å². The van der Waals surface area contributed by atoms with Gasteiger partial charge in [-0.05, 0) is 66.0 Å². The maximum atomic E-state index is 12.0. The number of carbonyl (C=O) groups is 1. The van der Waals surface area contributed by atoms with Crippen LogP contribution in [0.4, 0.5) is 0 Å². The number of rotatable bonds is 9. The summed E-state index contributed by atoms with van der Waals surface area (Å²) in [5.74, 6) is 0.751. The van der Waals surface area contributed by atoms with Crippen LogP contribution in [0.15, 0.2) is 30.3 Å². The van der Waals surface area contributed by atoms with Gasteiger partial charge in [-0.25, -0.2) is 0 Å². The molecule has 0 fully saturated rings. The Morgan fingerprint density at radius 3 is 2.88 bits per heavy atom. The second-order valence-electron chi connectivity index (χ2n) is 7.51. The molecule has 1 unspecified atom stereocenters. The number of carbonyl (C=O) groups excluding carboxylic acids is 1. The van der Waals surface area contributed by atoms with Crippen LogP contribution in [0.25, 0.3) is 10.8 Å². The molecule has 1 aliphatic rings. The molecule has 3 rings (SSSR count). The van der Waals surface area contributed by atoms with Crippen LogP contribution in [-0.4, -0.2) is 12.5 Å². The van der Waals surface area contributed by atoms with E-state index < -0.39 is 0 Å². The second-order valence-corrected chi connectivity index (χ2v) is 7.92. The standard InChI is InChI=1S/C23H30ClNO/c1-2-3-4-5-16-25-22(26)11-7-8-17-12-14-20-21(24)15-13-18-9-6-10-19(17)23(18)20/h6,9-10,13,15,17H,2-5,7-8,11-12,14,16H2,1H3,(H,25,26). The molecule has 3 heteroatoms. The van der Waals surface area contributed by atoms with Crippen molar-refractivity contribution in [3.05, 3.63) is 46.5 Å². The van der Waals surface area contributed by atoms with Crippen LogP contribution in [0.1, 0.15) is 75.3 Å². The molecule has 2 aromatic carbocycles. The van der Waals surface area contributed by atoms with Crippen molar-refractivity contribution < 1.29 is 4.79 Å². The van der Waals surface area contributed by atoms with E-state index in [1.807, 2.05) is 6.07 Å². The van der Waals surface area contributed by atoms with E-state index in [1.54, 1.807) is 0 Å². The van der Waals surface area contributed by atoms with Crippen molar-refractivity contribution in [2.45, 2.75) is 70.6 Å². The maximum absolute atomic E-state index is 12.0. The Balaban J connectivity index is 1.53. The SMILES string of the molecule is CCCCCCNC(=O)CCCC1CCc2c(Cl)ccc3cccc1c23. The summed E-state index contributed by atoms with van der Waals surface area (Å²) in [5, 5.41) is 6.61. The number of benzene rings is 2. The fourth-order valence-corrected chi connectivity index (χ4v) is 4.45. The van der Waals surface area contributed by atoms with Crippen molar-refractivity contribution in [3.63, 3.8) is 0 Å². The highest BCUT2D eigenvalue weighted by Crippen LogP contribution is 2.41. The van der Waals surface area contributed by atoms with E-state index >= 15 is 0 Å². The molecule has 0 saturated heterocycles.